The molecule has 27 heavy (non-hydrogen) atoms. The van der Waals surface area contributed by atoms with Crippen LogP contribution >= 0.6 is 0 Å². The van der Waals surface area contributed by atoms with Gasteiger partial charge in [-0.3, -0.25) is 9.69 Å². The Kier molecular flexibility index (Phi) is 6.90. The first-order valence-electron chi connectivity index (χ1n) is 10.5. The maximum atomic E-state index is 11.9. The fraction of sp³-hybridized carbons (Fsp3) is 0.682. The molecule has 0 aromatic heterocycles. The van der Waals surface area contributed by atoms with Crippen molar-refractivity contribution < 1.29 is 15.0 Å². The third kappa shape index (κ3) is 4.89. The molecule has 5 heteroatoms. The van der Waals surface area contributed by atoms with Gasteiger partial charge in [0.25, 0.3) is 0 Å². The minimum Gasteiger partial charge on any atom is -0.393 e. The van der Waals surface area contributed by atoms with Gasteiger partial charge in [0.2, 0.25) is 5.91 Å². The van der Waals surface area contributed by atoms with Crippen molar-refractivity contribution >= 4 is 5.91 Å². The predicted octanol–water partition coefficient (Wildman–Crippen LogP) is 2.21. The van der Waals surface area contributed by atoms with Crippen molar-refractivity contribution in [3.8, 4) is 0 Å². The molecule has 2 fully saturated rings. The van der Waals surface area contributed by atoms with Gasteiger partial charge in [0.15, 0.2) is 0 Å². The molecule has 3 atom stereocenters. The summed E-state index contributed by atoms with van der Waals surface area (Å²) in [6.07, 6.45) is 4.99. The standard InChI is InChI=1S/C22H34N2O3/c1-2-21(27)23-16-22(17-6-4-3-5-7-17)12-8-19(20(26)9-13-22)24-14-10-18(25)11-15-24/h3-7,18-20,25-26H,2,8-16H2,1H3,(H,23,27)/t19-,20-,22-/m0/s1. The number of rotatable bonds is 5. The Balaban J connectivity index is 1.77. The Bertz CT molecular complexity index is 601. The Hall–Kier alpha value is -1.43. The maximum absolute atomic E-state index is 11.9. The van der Waals surface area contributed by atoms with E-state index in [1.54, 1.807) is 0 Å². The van der Waals surface area contributed by atoms with E-state index < -0.39 is 0 Å². The lowest BCUT2D eigenvalue weighted by molar-refractivity contribution is -0.121. The van der Waals surface area contributed by atoms with Crippen LogP contribution in [0.15, 0.2) is 30.3 Å². The largest absolute Gasteiger partial charge is 0.393 e. The lowest BCUT2D eigenvalue weighted by Gasteiger charge is -2.38. The Morgan fingerprint density at radius 2 is 1.78 bits per heavy atom. The molecule has 0 radical (unpaired) electrons. The summed E-state index contributed by atoms with van der Waals surface area (Å²) in [5, 5.41) is 23.8. The summed E-state index contributed by atoms with van der Waals surface area (Å²) in [6.45, 7) is 4.21. The van der Waals surface area contributed by atoms with E-state index in [1.165, 1.54) is 5.56 Å². The van der Waals surface area contributed by atoms with Crippen LogP contribution in [0.1, 0.15) is 57.4 Å². The molecule has 1 saturated heterocycles. The number of carbonyl (C=O) groups is 1. The Morgan fingerprint density at radius 1 is 1.11 bits per heavy atom. The van der Waals surface area contributed by atoms with Crippen molar-refractivity contribution in [3.63, 3.8) is 0 Å². The molecule has 150 valence electrons. The molecule has 1 aliphatic carbocycles. The van der Waals surface area contributed by atoms with E-state index in [4.69, 9.17) is 0 Å². The monoisotopic (exact) mass is 374 g/mol. The van der Waals surface area contributed by atoms with Crippen molar-refractivity contribution in [1.82, 2.24) is 10.2 Å². The van der Waals surface area contributed by atoms with E-state index in [0.717, 1.165) is 51.6 Å². The summed E-state index contributed by atoms with van der Waals surface area (Å²) in [5.74, 6) is 0.0802. The lowest BCUT2D eigenvalue weighted by Crippen LogP contribution is -2.48. The normalized spacial score (nSPS) is 30.6. The molecule has 1 aromatic rings. The molecule has 3 N–H and O–H groups in total. The van der Waals surface area contributed by atoms with Gasteiger partial charge in [-0.25, -0.2) is 0 Å². The highest BCUT2D eigenvalue weighted by molar-refractivity contribution is 5.75. The van der Waals surface area contributed by atoms with Crippen LogP contribution in [0.3, 0.4) is 0 Å². The smallest absolute Gasteiger partial charge is 0.219 e. The van der Waals surface area contributed by atoms with E-state index in [2.05, 4.69) is 34.5 Å². The summed E-state index contributed by atoms with van der Waals surface area (Å²) in [6, 6.07) is 10.6. The molecule has 1 amide bonds. The zero-order valence-corrected chi connectivity index (χ0v) is 16.4. The fourth-order valence-corrected chi connectivity index (χ4v) is 4.75. The minimum atomic E-state index is -0.354. The highest BCUT2D eigenvalue weighted by Gasteiger charge is 2.40. The molecule has 1 saturated carbocycles. The number of aliphatic hydroxyl groups is 2. The van der Waals surface area contributed by atoms with Crippen LogP contribution in [0.5, 0.6) is 0 Å². The first-order valence-corrected chi connectivity index (χ1v) is 10.5. The van der Waals surface area contributed by atoms with E-state index in [9.17, 15) is 15.0 Å². The summed E-state index contributed by atoms with van der Waals surface area (Å²) < 4.78 is 0. The summed E-state index contributed by atoms with van der Waals surface area (Å²) in [4.78, 5) is 14.3. The molecule has 5 nitrogen and oxygen atoms in total. The van der Waals surface area contributed by atoms with Crippen LogP contribution in [-0.2, 0) is 10.2 Å². The molecule has 0 spiro atoms. The van der Waals surface area contributed by atoms with Gasteiger partial charge in [-0.15, -0.1) is 0 Å². The van der Waals surface area contributed by atoms with E-state index in [0.29, 0.717) is 13.0 Å². The average molecular weight is 375 g/mol. The van der Waals surface area contributed by atoms with E-state index in [-0.39, 0.29) is 29.6 Å². The van der Waals surface area contributed by atoms with Gasteiger partial charge in [-0.05, 0) is 44.1 Å². The van der Waals surface area contributed by atoms with Crippen LogP contribution in [0, 0.1) is 0 Å². The van der Waals surface area contributed by atoms with Crippen molar-refractivity contribution in [3.05, 3.63) is 35.9 Å². The van der Waals surface area contributed by atoms with Crippen LogP contribution in [0.2, 0.25) is 0 Å². The molecule has 1 aliphatic heterocycles. The predicted molar refractivity (Wildman–Crippen MR) is 106 cm³/mol. The van der Waals surface area contributed by atoms with Gasteiger partial charge >= 0.3 is 0 Å². The number of hydrogen-bond donors (Lipinski definition) is 3. The molecule has 0 bridgehead atoms. The van der Waals surface area contributed by atoms with Gasteiger partial charge in [0.1, 0.15) is 0 Å². The number of nitrogens with zero attached hydrogens (tertiary/aromatic N) is 1. The second kappa shape index (κ2) is 9.18. The number of likely N-dealkylation sites (tertiary alicyclic amines) is 1. The highest BCUT2D eigenvalue weighted by Crippen LogP contribution is 2.39. The quantitative estimate of drug-likeness (QED) is 0.691. The third-order valence-corrected chi connectivity index (χ3v) is 6.58. The van der Waals surface area contributed by atoms with Gasteiger partial charge in [-0.1, -0.05) is 37.3 Å². The first kappa shape index (κ1) is 20.3. The zero-order chi connectivity index (χ0) is 19.3. The number of amides is 1. The maximum Gasteiger partial charge on any atom is 0.219 e. The SMILES string of the molecule is CCC(=O)NC[C@@]1(c2ccccc2)CC[C@H](O)[C@@H](N2CCC(O)CC2)CC1. The highest BCUT2D eigenvalue weighted by atomic mass is 16.3. The van der Waals surface area contributed by atoms with Crippen LogP contribution in [-0.4, -0.2) is 58.9 Å². The van der Waals surface area contributed by atoms with Gasteiger partial charge in [0.05, 0.1) is 12.2 Å². The van der Waals surface area contributed by atoms with E-state index in [1.807, 2.05) is 13.0 Å². The van der Waals surface area contributed by atoms with Crippen molar-refractivity contribution in [2.45, 2.75) is 75.5 Å². The summed E-state index contributed by atoms with van der Waals surface area (Å²) in [7, 11) is 0. The number of piperidine rings is 1. The number of benzene rings is 1. The van der Waals surface area contributed by atoms with E-state index >= 15 is 0 Å². The molecule has 0 unspecified atom stereocenters. The molecule has 3 rings (SSSR count). The fourth-order valence-electron chi connectivity index (χ4n) is 4.75. The topological polar surface area (TPSA) is 72.8 Å². The summed E-state index contributed by atoms with van der Waals surface area (Å²) in [5.41, 5.74) is 1.13. The van der Waals surface area contributed by atoms with Crippen molar-refractivity contribution in [1.29, 1.82) is 0 Å². The number of carbonyl (C=O) groups excluding carboxylic acids is 1. The Labute approximate surface area is 162 Å². The second-order valence-corrected chi connectivity index (χ2v) is 8.26. The second-order valence-electron chi connectivity index (χ2n) is 8.26. The van der Waals surface area contributed by atoms with Crippen molar-refractivity contribution in [2.75, 3.05) is 19.6 Å². The van der Waals surface area contributed by atoms with Crippen molar-refractivity contribution in [2.24, 2.45) is 0 Å². The number of nitrogens with one attached hydrogen (secondary N) is 1. The lowest BCUT2D eigenvalue weighted by atomic mass is 9.74. The van der Waals surface area contributed by atoms with Gasteiger partial charge in [0, 0.05) is 37.5 Å². The van der Waals surface area contributed by atoms with Gasteiger partial charge < -0.3 is 15.5 Å². The molecular weight excluding hydrogens is 340 g/mol. The molecule has 2 aliphatic rings. The van der Waals surface area contributed by atoms with Crippen LogP contribution in [0.4, 0.5) is 0 Å². The number of aliphatic hydroxyl groups excluding tert-OH is 2. The first-order chi connectivity index (χ1) is 13.0. The Morgan fingerprint density at radius 3 is 2.44 bits per heavy atom. The molecular formula is C22H34N2O3. The average Bonchev–Trinajstić information content (AvgIpc) is 2.87. The summed E-state index contributed by atoms with van der Waals surface area (Å²) >= 11 is 0. The zero-order valence-electron chi connectivity index (χ0n) is 16.4. The minimum absolute atomic E-state index is 0.0802. The van der Waals surface area contributed by atoms with Crippen LogP contribution < -0.4 is 5.32 Å². The number of hydrogen-bond acceptors (Lipinski definition) is 4. The molecule has 1 heterocycles. The van der Waals surface area contributed by atoms with Crippen LogP contribution in [0.25, 0.3) is 0 Å². The van der Waals surface area contributed by atoms with Gasteiger partial charge in [-0.2, -0.15) is 0 Å². The third-order valence-electron chi connectivity index (χ3n) is 6.58. The molecule has 1 aromatic carbocycles.